The van der Waals surface area contributed by atoms with Crippen LogP contribution in [0.5, 0.6) is 0 Å². The minimum Gasteiger partial charge on any atom is -0.256 e. The number of aryl methyl sites for hydroxylation is 1. The summed E-state index contributed by atoms with van der Waals surface area (Å²) >= 11 is 0. The molecule has 1 aliphatic heterocycles. The molecule has 3 aromatic rings. The first kappa shape index (κ1) is 18.4. The summed E-state index contributed by atoms with van der Waals surface area (Å²) in [6, 6.07) is 13.3. The number of aromatic nitrogens is 1. The number of nitrogens with two attached hydrogens (primary N) is 1. The van der Waals surface area contributed by atoms with Gasteiger partial charge in [-0.15, -0.1) is 5.11 Å². The summed E-state index contributed by atoms with van der Waals surface area (Å²) in [5.74, 6) is 0.290. The molecule has 0 fully saturated rings. The van der Waals surface area contributed by atoms with Gasteiger partial charge in [0.05, 0.1) is 10.4 Å². The van der Waals surface area contributed by atoms with Crippen LogP contribution in [0.4, 0.5) is 0 Å². The number of azo groups is 1. The molecule has 0 spiro atoms. The van der Waals surface area contributed by atoms with Gasteiger partial charge in [0.1, 0.15) is 0 Å². The number of para-hydroxylation sites is 1. The second kappa shape index (κ2) is 7.21. The number of hydrogen-bond donors (Lipinski definition) is 1. The normalized spacial score (nSPS) is 13.9. The smallest absolute Gasteiger partial charge is 0.239 e. The van der Waals surface area contributed by atoms with E-state index < -0.39 is 10.0 Å². The minimum atomic E-state index is -4.01. The van der Waals surface area contributed by atoms with Gasteiger partial charge in [-0.3, -0.25) is 4.98 Å². The third kappa shape index (κ3) is 3.21. The highest BCUT2D eigenvalue weighted by atomic mass is 32.2. The highest BCUT2D eigenvalue weighted by molar-refractivity contribution is 7.89. The molecule has 0 aliphatic carbocycles. The van der Waals surface area contributed by atoms with E-state index in [9.17, 15) is 8.42 Å². The lowest BCUT2D eigenvalue weighted by atomic mass is 9.93. The van der Waals surface area contributed by atoms with E-state index in [0.717, 1.165) is 22.9 Å². The maximum Gasteiger partial charge on any atom is 0.239 e. The monoisotopic (exact) mass is 393 g/mol. The molecule has 0 radical (unpaired) electrons. The molecule has 1 aliphatic rings. The number of rotatable bonds is 5. The van der Waals surface area contributed by atoms with Crippen LogP contribution in [-0.4, -0.2) is 25.9 Å². The average Bonchev–Trinajstić information content (AvgIpc) is 3.21. The predicted molar refractivity (Wildman–Crippen MR) is 109 cm³/mol. The maximum absolute atomic E-state index is 12.6. The van der Waals surface area contributed by atoms with Gasteiger partial charge in [0.15, 0.2) is 12.5 Å². The highest BCUT2D eigenvalue weighted by Crippen LogP contribution is 2.36. The molecule has 0 amide bonds. The highest BCUT2D eigenvalue weighted by Gasteiger charge is 2.27. The number of fused-ring (bicyclic) bond motifs is 1. The molecule has 28 heavy (non-hydrogen) atoms. The van der Waals surface area contributed by atoms with Crippen molar-refractivity contribution < 1.29 is 8.42 Å². The third-order valence-electron chi connectivity index (χ3n) is 4.66. The Morgan fingerprint density at radius 3 is 2.61 bits per heavy atom. The van der Waals surface area contributed by atoms with Gasteiger partial charge in [0.25, 0.3) is 0 Å². The van der Waals surface area contributed by atoms with Crippen LogP contribution in [0.3, 0.4) is 0 Å². The first-order valence-corrected chi connectivity index (χ1v) is 10.5. The van der Waals surface area contributed by atoms with Crippen molar-refractivity contribution in [2.24, 2.45) is 20.4 Å². The summed E-state index contributed by atoms with van der Waals surface area (Å²) in [5.41, 5.74) is 3.43. The molecule has 0 unspecified atom stereocenters. The van der Waals surface area contributed by atoms with Crippen LogP contribution >= 0.6 is 0 Å². The van der Waals surface area contributed by atoms with Crippen LogP contribution < -0.4 is 5.14 Å². The molecular weight excluding hydrogens is 374 g/mol. The largest absolute Gasteiger partial charge is 0.256 e. The van der Waals surface area contributed by atoms with E-state index in [2.05, 4.69) is 20.2 Å². The second-order valence-corrected chi connectivity index (χ2v) is 8.01. The van der Waals surface area contributed by atoms with Crippen molar-refractivity contribution in [3.63, 3.8) is 0 Å². The van der Waals surface area contributed by atoms with Crippen molar-refractivity contribution in [3.05, 3.63) is 59.8 Å². The topological polar surface area (TPSA) is 110 Å². The number of pyridine rings is 1. The van der Waals surface area contributed by atoms with Crippen LogP contribution in [0.2, 0.25) is 0 Å². The zero-order valence-corrected chi connectivity index (χ0v) is 16.1. The molecule has 8 heteroatoms. The van der Waals surface area contributed by atoms with Crippen molar-refractivity contribution in [2.45, 2.75) is 24.7 Å². The van der Waals surface area contributed by atoms with Crippen molar-refractivity contribution >= 4 is 26.8 Å². The van der Waals surface area contributed by atoms with Crippen LogP contribution in [-0.2, 0) is 16.4 Å². The van der Waals surface area contributed by atoms with Gasteiger partial charge < -0.3 is 0 Å². The van der Waals surface area contributed by atoms with Crippen LogP contribution in [0.1, 0.15) is 24.5 Å². The summed E-state index contributed by atoms with van der Waals surface area (Å²) < 4.78 is 25.2. The Morgan fingerprint density at radius 2 is 1.89 bits per heavy atom. The lowest BCUT2D eigenvalue weighted by Crippen LogP contribution is -2.19. The SMILES string of the molecule is CCCc1ccc(-c2ccnc3ccccc23)c(C2=NCN=N2)c1S(N)(=O)=O. The number of primary sulfonamides is 1. The van der Waals surface area contributed by atoms with Gasteiger partial charge in [0, 0.05) is 17.1 Å². The molecular formula is C20H19N5O2S. The molecule has 7 nitrogen and oxygen atoms in total. The molecule has 1 aromatic heterocycles. The van der Waals surface area contributed by atoms with Gasteiger partial charge in [-0.25, -0.2) is 18.5 Å². The fraction of sp³-hybridized carbons (Fsp3) is 0.200. The first-order chi connectivity index (χ1) is 13.5. The molecule has 0 saturated heterocycles. The number of hydrogen-bond acceptors (Lipinski definition) is 6. The number of amidine groups is 1. The van der Waals surface area contributed by atoms with Crippen LogP contribution in [0.25, 0.3) is 22.0 Å². The number of aliphatic imine (C=N–C) groups is 1. The average molecular weight is 393 g/mol. The van der Waals surface area contributed by atoms with E-state index in [1.807, 2.05) is 49.4 Å². The third-order valence-corrected chi connectivity index (χ3v) is 5.69. The number of nitrogens with zero attached hydrogens (tertiary/aromatic N) is 4. The molecule has 2 aromatic carbocycles. The maximum atomic E-state index is 12.6. The van der Waals surface area contributed by atoms with Gasteiger partial charge in [-0.05, 0) is 35.2 Å². The van der Waals surface area contributed by atoms with Crippen molar-refractivity contribution in [3.8, 4) is 11.1 Å². The van der Waals surface area contributed by atoms with Crippen molar-refractivity contribution in [1.29, 1.82) is 0 Å². The Kier molecular flexibility index (Phi) is 4.74. The molecule has 2 N–H and O–H groups in total. The van der Waals surface area contributed by atoms with E-state index in [1.165, 1.54) is 0 Å². The van der Waals surface area contributed by atoms with E-state index in [1.54, 1.807) is 6.20 Å². The second-order valence-electron chi connectivity index (χ2n) is 6.51. The molecule has 0 atom stereocenters. The van der Waals surface area contributed by atoms with Crippen molar-refractivity contribution in [1.82, 2.24) is 4.98 Å². The quantitative estimate of drug-likeness (QED) is 0.714. The minimum absolute atomic E-state index is 0.0762. The van der Waals surface area contributed by atoms with Crippen molar-refractivity contribution in [2.75, 3.05) is 6.67 Å². The zero-order chi connectivity index (χ0) is 19.7. The summed E-state index contributed by atoms with van der Waals surface area (Å²) in [6.45, 7) is 2.16. The molecule has 2 heterocycles. The Morgan fingerprint density at radius 1 is 1.07 bits per heavy atom. The number of benzene rings is 2. The lowest BCUT2D eigenvalue weighted by molar-refractivity contribution is 0.596. The van der Waals surface area contributed by atoms with E-state index >= 15 is 0 Å². The van der Waals surface area contributed by atoms with E-state index in [0.29, 0.717) is 23.1 Å². The van der Waals surface area contributed by atoms with Gasteiger partial charge >= 0.3 is 0 Å². The summed E-state index contributed by atoms with van der Waals surface area (Å²) in [6.07, 6.45) is 3.07. The van der Waals surface area contributed by atoms with Gasteiger partial charge in [0.2, 0.25) is 10.0 Å². The molecule has 0 bridgehead atoms. The first-order valence-electron chi connectivity index (χ1n) is 8.96. The zero-order valence-electron chi connectivity index (χ0n) is 15.3. The van der Waals surface area contributed by atoms with Gasteiger partial charge in [-0.2, -0.15) is 5.11 Å². The fourth-order valence-corrected chi connectivity index (χ4v) is 4.57. The van der Waals surface area contributed by atoms with E-state index in [-0.39, 0.29) is 17.4 Å². The number of sulfonamides is 1. The van der Waals surface area contributed by atoms with Crippen LogP contribution in [0, 0.1) is 0 Å². The fourth-order valence-electron chi connectivity index (χ4n) is 3.55. The Hall–Kier alpha value is -2.97. The predicted octanol–water partition coefficient (Wildman–Crippen LogP) is 3.67. The Balaban J connectivity index is 2.12. The van der Waals surface area contributed by atoms with Gasteiger partial charge in [-0.1, -0.05) is 43.7 Å². The lowest BCUT2D eigenvalue weighted by Gasteiger charge is -2.17. The molecule has 142 valence electrons. The summed E-state index contributed by atoms with van der Waals surface area (Å²) in [7, 11) is -4.01. The molecule has 0 saturated carbocycles. The molecule has 4 rings (SSSR count). The van der Waals surface area contributed by atoms with Crippen LogP contribution in [0.15, 0.2) is 68.8 Å². The Labute approximate surface area is 163 Å². The standard InChI is InChI=1S/C20H19N5O2S/c1-2-5-13-8-9-16(14-10-11-22-17-7-4-3-6-15(14)17)18(19(13)28(21,26)27)20-23-12-24-25-20/h3-4,6-11H,2,5,12H2,1H3,(H2,21,26,27). The summed E-state index contributed by atoms with van der Waals surface area (Å²) in [4.78, 5) is 8.77. The summed E-state index contributed by atoms with van der Waals surface area (Å²) in [5, 5.41) is 14.6. The van der Waals surface area contributed by atoms with E-state index in [4.69, 9.17) is 5.14 Å². The Bertz CT molecular complexity index is 1230.